The molecule has 1 aromatic heterocycles. The zero-order valence-electron chi connectivity index (χ0n) is 14.5. The average molecular weight is 338 g/mol. The summed E-state index contributed by atoms with van der Waals surface area (Å²) < 4.78 is 13.3. The fourth-order valence-electron chi connectivity index (χ4n) is 2.91. The summed E-state index contributed by atoms with van der Waals surface area (Å²) in [5.41, 5.74) is 3.20. The van der Waals surface area contributed by atoms with Crippen LogP contribution in [0.15, 0.2) is 59.7 Å². The van der Waals surface area contributed by atoms with Crippen molar-refractivity contribution in [3.05, 3.63) is 71.7 Å². The first-order valence-corrected chi connectivity index (χ1v) is 8.45. The van der Waals surface area contributed by atoms with Crippen LogP contribution in [0.4, 0.5) is 4.39 Å². The Bertz CT molecular complexity index is 855. The van der Waals surface area contributed by atoms with Crippen molar-refractivity contribution in [1.29, 1.82) is 0 Å². The number of aliphatic imine (C=N–C) groups is 1. The molecule has 3 rings (SSSR count). The van der Waals surface area contributed by atoms with E-state index in [1.165, 1.54) is 17.7 Å². The van der Waals surface area contributed by atoms with Crippen LogP contribution < -0.4 is 10.6 Å². The summed E-state index contributed by atoms with van der Waals surface area (Å²) in [6.07, 6.45) is 2.76. The molecule has 1 atom stereocenters. The molecular weight excluding hydrogens is 315 g/mol. The van der Waals surface area contributed by atoms with Gasteiger partial charge in [-0.25, -0.2) is 4.39 Å². The van der Waals surface area contributed by atoms with Gasteiger partial charge in [0.1, 0.15) is 5.82 Å². The first kappa shape index (κ1) is 17.0. The number of aromatic nitrogens is 1. The van der Waals surface area contributed by atoms with Crippen LogP contribution >= 0.6 is 0 Å². The lowest BCUT2D eigenvalue weighted by Crippen LogP contribution is -2.39. The Hall–Kier alpha value is -2.82. The number of H-pyrrole nitrogens is 1. The van der Waals surface area contributed by atoms with E-state index in [9.17, 15) is 4.39 Å². The first-order valence-electron chi connectivity index (χ1n) is 8.45. The molecular formula is C20H23FN4. The fourth-order valence-corrected chi connectivity index (χ4v) is 2.91. The highest BCUT2D eigenvalue weighted by Crippen LogP contribution is 2.19. The molecule has 5 heteroatoms. The Morgan fingerprint density at radius 2 is 2.00 bits per heavy atom. The van der Waals surface area contributed by atoms with Gasteiger partial charge in [-0.2, -0.15) is 0 Å². The van der Waals surface area contributed by atoms with E-state index in [4.69, 9.17) is 0 Å². The van der Waals surface area contributed by atoms with Gasteiger partial charge in [-0.3, -0.25) is 4.99 Å². The minimum absolute atomic E-state index is 0.170. The highest BCUT2D eigenvalue weighted by atomic mass is 19.1. The Morgan fingerprint density at radius 3 is 2.76 bits per heavy atom. The van der Waals surface area contributed by atoms with Crippen LogP contribution in [0.2, 0.25) is 0 Å². The summed E-state index contributed by atoms with van der Waals surface area (Å²) >= 11 is 0. The molecule has 0 bridgehead atoms. The van der Waals surface area contributed by atoms with Crippen molar-refractivity contribution in [2.24, 2.45) is 4.99 Å². The second-order valence-electron chi connectivity index (χ2n) is 6.03. The van der Waals surface area contributed by atoms with Gasteiger partial charge in [0.15, 0.2) is 5.96 Å². The first-order chi connectivity index (χ1) is 12.2. The number of fused-ring (bicyclic) bond motifs is 1. The zero-order valence-corrected chi connectivity index (χ0v) is 14.5. The van der Waals surface area contributed by atoms with Crippen molar-refractivity contribution < 1.29 is 4.39 Å². The molecule has 2 aromatic carbocycles. The molecule has 0 aliphatic carbocycles. The van der Waals surface area contributed by atoms with Crippen LogP contribution in [-0.2, 0) is 6.42 Å². The smallest absolute Gasteiger partial charge is 0.191 e. The third kappa shape index (κ3) is 4.18. The van der Waals surface area contributed by atoms with Gasteiger partial charge >= 0.3 is 0 Å². The van der Waals surface area contributed by atoms with Gasteiger partial charge in [0.2, 0.25) is 0 Å². The molecule has 0 spiro atoms. The number of nitrogens with one attached hydrogen (secondary N) is 3. The lowest BCUT2D eigenvalue weighted by molar-refractivity contribution is 0.629. The molecule has 1 heterocycles. The Morgan fingerprint density at radius 1 is 1.20 bits per heavy atom. The predicted molar refractivity (Wildman–Crippen MR) is 101 cm³/mol. The summed E-state index contributed by atoms with van der Waals surface area (Å²) in [5.74, 6) is 0.542. The molecule has 0 aliphatic heterocycles. The van der Waals surface area contributed by atoms with E-state index in [-0.39, 0.29) is 11.9 Å². The molecule has 3 N–H and O–H groups in total. The number of nitrogens with zero attached hydrogens (tertiary/aromatic N) is 1. The van der Waals surface area contributed by atoms with Gasteiger partial charge in [0.25, 0.3) is 0 Å². The summed E-state index contributed by atoms with van der Waals surface area (Å²) in [7, 11) is 1.77. The lowest BCUT2D eigenvalue weighted by atomic mass is 10.1. The standard InChI is InChI=1S/C20H23FN4/c1-14(15-6-4-3-5-7-15)25-20(22-2)23-11-10-16-13-24-19-12-17(21)8-9-18(16)19/h3-9,12-14,24H,10-11H2,1-2H3,(H2,22,23,25). The van der Waals surface area contributed by atoms with Crippen LogP contribution in [0.3, 0.4) is 0 Å². The number of hydrogen-bond donors (Lipinski definition) is 3. The van der Waals surface area contributed by atoms with Crippen LogP contribution in [0.25, 0.3) is 10.9 Å². The SMILES string of the molecule is CN=C(NCCc1c[nH]c2cc(F)ccc12)NC(C)c1ccccc1. The highest BCUT2D eigenvalue weighted by molar-refractivity contribution is 5.83. The molecule has 0 saturated carbocycles. The van der Waals surface area contributed by atoms with E-state index in [2.05, 4.69) is 39.7 Å². The summed E-state index contributed by atoms with van der Waals surface area (Å²) in [6.45, 7) is 2.85. The quantitative estimate of drug-likeness (QED) is 0.490. The Labute approximate surface area is 147 Å². The molecule has 25 heavy (non-hydrogen) atoms. The predicted octanol–water partition coefficient (Wildman–Crippen LogP) is 3.78. The largest absolute Gasteiger partial charge is 0.361 e. The molecule has 0 aliphatic rings. The topological polar surface area (TPSA) is 52.2 Å². The molecule has 3 aromatic rings. The van der Waals surface area contributed by atoms with Gasteiger partial charge < -0.3 is 15.6 Å². The molecule has 0 saturated heterocycles. The van der Waals surface area contributed by atoms with Crippen molar-refractivity contribution in [3.8, 4) is 0 Å². The van der Waals surface area contributed by atoms with Crippen LogP contribution in [0.1, 0.15) is 24.1 Å². The van der Waals surface area contributed by atoms with Crippen molar-refractivity contribution in [2.45, 2.75) is 19.4 Å². The maximum absolute atomic E-state index is 13.3. The fraction of sp³-hybridized carbons (Fsp3) is 0.250. The van der Waals surface area contributed by atoms with Crippen molar-refractivity contribution >= 4 is 16.9 Å². The van der Waals surface area contributed by atoms with Gasteiger partial charge in [0, 0.05) is 30.7 Å². The maximum Gasteiger partial charge on any atom is 0.191 e. The third-order valence-corrected chi connectivity index (χ3v) is 4.29. The zero-order chi connectivity index (χ0) is 17.6. The Kier molecular flexibility index (Phi) is 5.33. The van der Waals surface area contributed by atoms with E-state index in [0.717, 1.165) is 35.4 Å². The summed E-state index contributed by atoms with van der Waals surface area (Å²) in [4.78, 5) is 7.40. The number of rotatable bonds is 5. The van der Waals surface area contributed by atoms with Gasteiger partial charge in [-0.1, -0.05) is 30.3 Å². The van der Waals surface area contributed by atoms with E-state index >= 15 is 0 Å². The van der Waals surface area contributed by atoms with Crippen LogP contribution in [0.5, 0.6) is 0 Å². The lowest BCUT2D eigenvalue weighted by Gasteiger charge is -2.18. The second-order valence-corrected chi connectivity index (χ2v) is 6.03. The van der Waals surface area contributed by atoms with E-state index in [1.807, 2.05) is 30.5 Å². The number of guanidine groups is 1. The number of hydrogen-bond acceptors (Lipinski definition) is 1. The van der Waals surface area contributed by atoms with Crippen molar-refractivity contribution in [2.75, 3.05) is 13.6 Å². The third-order valence-electron chi connectivity index (χ3n) is 4.29. The highest BCUT2D eigenvalue weighted by Gasteiger charge is 2.08. The van der Waals surface area contributed by atoms with Crippen molar-refractivity contribution in [1.82, 2.24) is 15.6 Å². The molecule has 0 fully saturated rings. The van der Waals surface area contributed by atoms with Crippen LogP contribution in [-0.4, -0.2) is 24.5 Å². The van der Waals surface area contributed by atoms with Gasteiger partial charge in [-0.05, 0) is 42.7 Å². The number of aromatic amines is 1. The minimum atomic E-state index is -0.224. The molecule has 4 nitrogen and oxygen atoms in total. The van der Waals surface area contributed by atoms with Gasteiger partial charge in [-0.15, -0.1) is 0 Å². The summed E-state index contributed by atoms with van der Waals surface area (Å²) in [6, 6.07) is 15.3. The molecule has 130 valence electrons. The van der Waals surface area contributed by atoms with Crippen molar-refractivity contribution in [3.63, 3.8) is 0 Å². The maximum atomic E-state index is 13.3. The monoisotopic (exact) mass is 338 g/mol. The minimum Gasteiger partial charge on any atom is -0.361 e. The van der Waals surface area contributed by atoms with Crippen LogP contribution in [0, 0.1) is 5.82 Å². The normalized spacial score (nSPS) is 13.0. The number of halogens is 1. The van der Waals surface area contributed by atoms with E-state index in [1.54, 1.807) is 7.05 Å². The summed E-state index contributed by atoms with van der Waals surface area (Å²) in [5, 5.41) is 7.78. The van der Waals surface area contributed by atoms with Gasteiger partial charge in [0.05, 0.1) is 6.04 Å². The number of benzene rings is 2. The molecule has 1 unspecified atom stereocenters. The molecule has 0 amide bonds. The Balaban J connectivity index is 1.56. The average Bonchev–Trinajstić information content (AvgIpc) is 3.03. The molecule has 0 radical (unpaired) electrons. The van der Waals surface area contributed by atoms with E-state index < -0.39 is 0 Å². The van der Waals surface area contributed by atoms with E-state index in [0.29, 0.717) is 0 Å². The second kappa shape index (κ2) is 7.83.